The zero-order valence-corrected chi connectivity index (χ0v) is 57.7. The number of hydrogen-bond donors (Lipinski definition) is 13. The zero-order chi connectivity index (χ0) is 69.1. The third-order valence-electron chi connectivity index (χ3n) is 14.9. The fraction of sp³-hybridized carbons (Fsp3) is 0.387. The van der Waals surface area contributed by atoms with Gasteiger partial charge in [-0.3, -0.25) is 28.8 Å². The van der Waals surface area contributed by atoms with Crippen LogP contribution in [0.1, 0.15) is 149 Å². The number of benzene rings is 5. The molecule has 0 atom stereocenters. The first-order valence-corrected chi connectivity index (χ1v) is 33.1. The highest BCUT2D eigenvalue weighted by Gasteiger charge is 2.12. The predicted octanol–water partition coefficient (Wildman–Crippen LogP) is 14.5. The zero-order valence-electron chi connectivity index (χ0n) is 56.2. The maximum absolute atomic E-state index is 11.6. The molecular weight excluding hydrogens is 1290 g/mol. The fourth-order valence-electron chi connectivity index (χ4n) is 9.81. The molecule has 0 saturated heterocycles. The highest BCUT2D eigenvalue weighted by molar-refractivity contribution is 6.63. The summed E-state index contributed by atoms with van der Waals surface area (Å²) in [4.78, 5) is 82.2. The molecule has 23 heteroatoms. The third kappa shape index (κ3) is 28.4. The van der Waals surface area contributed by atoms with Crippen molar-refractivity contribution in [2.24, 2.45) is 5.73 Å². The number of phenols is 3. The second kappa shape index (κ2) is 46.0. The number of halogens is 2. The molecule has 10 aromatic rings. The van der Waals surface area contributed by atoms with Crippen LogP contribution in [0.2, 0.25) is 0 Å². The first-order valence-electron chi connectivity index (χ1n) is 32.7. The number of nitrogens with one attached hydrogen (secondary N) is 9. The van der Waals surface area contributed by atoms with Crippen LogP contribution in [0.15, 0.2) is 122 Å². The SMILES string of the molecule is C.C.CCC(=O)Cl.CCC(=O)NCCc1c[nH]c2ccc(O)cc12.CCCC(=O)Oc1ccc2[nH]cc(CCNC(=O)CC)c2c1.CCCC(=O)Oc1ccc2[nH]cc(CCNC(=O)CC)c2c1.CCCNCCc1c[nH]c2ccc(O)cc12.Cl.NCCc1c[nH]c2ccc(O)cc12. The molecule has 3 amide bonds. The lowest BCUT2D eigenvalue weighted by atomic mass is 10.1. The number of carbonyl (C=O) groups excluding carboxylic acids is 6. The lowest BCUT2D eigenvalue weighted by Crippen LogP contribution is -2.24. The van der Waals surface area contributed by atoms with E-state index in [-0.39, 0.29) is 67.9 Å². The maximum atomic E-state index is 11.6. The molecule has 0 radical (unpaired) electrons. The van der Waals surface area contributed by atoms with E-state index in [1.807, 2.05) is 114 Å². The van der Waals surface area contributed by atoms with Crippen LogP contribution in [-0.4, -0.2) is 114 Å². The monoisotopic (exact) mass is 1390 g/mol. The number of ether oxygens (including phenoxy) is 2. The van der Waals surface area contributed by atoms with Gasteiger partial charge >= 0.3 is 11.9 Å². The number of aromatic amines is 5. The minimum Gasteiger partial charge on any atom is -0.508 e. The second-order valence-corrected chi connectivity index (χ2v) is 22.7. The van der Waals surface area contributed by atoms with Crippen LogP contribution >= 0.6 is 24.0 Å². The normalized spacial score (nSPS) is 10.3. The number of nitrogens with two attached hydrogens (primary N) is 1. The summed E-state index contributed by atoms with van der Waals surface area (Å²) in [7, 11) is 0. The molecule has 98 heavy (non-hydrogen) atoms. The summed E-state index contributed by atoms with van der Waals surface area (Å²) in [5.74, 6) is 1.74. The van der Waals surface area contributed by atoms with Gasteiger partial charge in [0.15, 0.2) is 0 Å². The van der Waals surface area contributed by atoms with E-state index in [0.717, 1.165) is 141 Å². The number of rotatable bonds is 26. The van der Waals surface area contributed by atoms with Crippen LogP contribution in [0.25, 0.3) is 54.5 Å². The van der Waals surface area contributed by atoms with Gasteiger partial charge in [-0.05, 0) is 201 Å². The van der Waals surface area contributed by atoms with E-state index < -0.39 is 0 Å². The Bertz CT molecular complexity index is 3920. The van der Waals surface area contributed by atoms with Crippen molar-refractivity contribution in [1.82, 2.24) is 46.2 Å². The van der Waals surface area contributed by atoms with Gasteiger partial charge in [-0.2, -0.15) is 0 Å². The minimum atomic E-state index is -0.273. The van der Waals surface area contributed by atoms with Gasteiger partial charge in [0.05, 0.1) is 0 Å². The minimum absolute atomic E-state index is 0. The summed E-state index contributed by atoms with van der Waals surface area (Å²) in [6.07, 6.45) is 19.3. The lowest BCUT2D eigenvalue weighted by Gasteiger charge is -2.05. The van der Waals surface area contributed by atoms with Crippen molar-refractivity contribution in [3.05, 3.63) is 150 Å². The summed E-state index contributed by atoms with van der Waals surface area (Å²) in [6, 6.07) is 27.1. The number of amides is 3. The number of aromatic nitrogens is 5. The molecule has 0 unspecified atom stereocenters. The molecule has 5 aromatic carbocycles. The molecule has 0 aliphatic rings. The lowest BCUT2D eigenvalue weighted by molar-refractivity contribution is -0.135. The van der Waals surface area contributed by atoms with Crippen molar-refractivity contribution >= 4 is 113 Å². The van der Waals surface area contributed by atoms with E-state index in [1.54, 1.807) is 49.4 Å². The summed E-state index contributed by atoms with van der Waals surface area (Å²) < 4.78 is 10.6. The summed E-state index contributed by atoms with van der Waals surface area (Å²) >= 11 is 4.82. The van der Waals surface area contributed by atoms with Crippen LogP contribution in [0.3, 0.4) is 0 Å². The quantitative estimate of drug-likeness (QED) is 0.0104. The molecule has 14 N–H and O–H groups in total. The molecule has 0 aliphatic carbocycles. The molecule has 10 rings (SSSR count). The molecule has 0 bridgehead atoms. The Labute approximate surface area is 587 Å². The average Bonchev–Trinajstić information content (AvgIpc) is 1.70. The number of H-pyrrole nitrogens is 5. The summed E-state index contributed by atoms with van der Waals surface area (Å²) in [6.45, 7) is 17.8. The third-order valence-corrected chi connectivity index (χ3v) is 15.2. The van der Waals surface area contributed by atoms with Gasteiger partial charge in [0.1, 0.15) is 28.7 Å². The van der Waals surface area contributed by atoms with Crippen molar-refractivity contribution in [1.29, 1.82) is 0 Å². The number of phenolic OH excluding ortho intramolecular Hbond substituents is 3. The number of carbonyl (C=O) groups is 6. The number of aromatic hydroxyl groups is 3. The Balaban J connectivity index is 0.000000410. The van der Waals surface area contributed by atoms with Gasteiger partial charge < -0.3 is 76.7 Å². The summed E-state index contributed by atoms with van der Waals surface area (Å²) in [5, 5.41) is 45.1. The molecule has 0 aliphatic heterocycles. The first kappa shape index (κ1) is 84.8. The Morgan fingerprint density at radius 1 is 0.408 bits per heavy atom. The van der Waals surface area contributed by atoms with Crippen LogP contribution in [0, 0.1) is 0 Å². The van der Waals surface area contributed by atoms with E-state index in [9.17, 15) is 44.1 Å². The first-order chi connectivity index (χ1) is 45.9. The van der Waals surface area contributed by atoms with Crippen LogP contribution in [-0.2, 0) is 60.9 Å². The van der Waals surface area contributed by atoms with Gasteiger partial charge in [-0.25, -0.2) is 0 Å². The molecule has 0 saturated carbocycles. The highest BCUT2D eigenvalue weighted by atomic mass is 35.5. The maximum Gasteiger partial charge on any atom is 0.311 e. The van der Waals surface area contributed by atoms with E-state index >= 15 is 0 Å². The average molecular weight is 1390 g/mol. The van der Waals surface area contributed by atoms with Gasteiger partial charge in [0, 0.05) is 144 Å². The largest absolute Gasteiger partial charge is 0.508 e. The summed E-state index contributed by atoms with van der Waals surface area (Å²) in [5.41, 5.74) is 16.3. The van der Waals surface area contributed by atoms with Crippen LogP contribution in [0.4, 0.5) is 0 Å². The smallest absolute Gasteiger partial charge is 0.311 e. The van der Waals surface area contributed by atoms with Gasteiger partial charge in [-0.15, -0.1) is 12.4 Å². The molecular formula is C75H104Cl2N10O11. The fourth-order valence-corrected chi connectivity index (χ4v) is 9.81. The van der Waals surface area contributed by atoms with Gasteiger partial charge in [-0.1, -0.05) is 63.3 Å². The molecule has 0 fully saturated rings. The molecule has 5 heterocycles. The van der Waals surface area contributed by atoms with Crippen molar-refractivity contribution in [2.75, 3.05) is 39.3 Å². The van der Waals surface area contributed by atoms with E-state index in [4.69, 9.17) is 26.8 Å². The molecule has 5 aromatic heterocycles. The van der Waals surface area contributed by atoms with Crippen LogP contribution < -0.4 is 36.5 Å². The van der Waals surface area contributed by atoms with Crippen molar-refractivity contribution in [2.45, 2.75) is 153 Å². The number of hydrogen-bond acceptors (Lipinski definition) is 13. The van der Waals surface area contributed by atoms with Gasteiger partial charge in [0.2, 0.25) is 23.0 Å². The standard InChI is InChI=1S/2C17H22N2O3.C13H16N2O2.C13H18N2O.C10H12N2O.C3H5ClO.2CH4.ClH/c2*1-3-5-17(21)22-13-6-7-15-14(10-13)12(11-19-15)8-9-18-16(20)4-2;1-2-13(17)14-6-5-9-8-15-12-4-3-10(16)7-11(9)12;1-2-6-14-7-5-10-9-15-13-4-3-11(16)8-12(10)13;11-4-3-7-6-12-10-2-1-8(13)5-9(7)10;1-2-3(4)5;;;/h2*6-7,10-11,19H,3-5,8-9H2,1-2H3,(H,18,20);3-4,7-8,15-16H,2,5-6H2,1H3,(H,14,17);3-4,8-9,14-16H,2,5-7H2,1H3;1-2,5-6,12-13H,3-4,11H2;2H2,1H3;2*1H4;1H. The van der Waals surface area contributed by atoms with Gasteiger partial charge in [0.25, 0.3) is 0 Å². The predicted molar refractivity (Wildman–Crippen MR) is 400 cm³/mol. The van der Waals surface area contributed by atoms with E-state index in [1.165, 1.54) is 5.56 Å². The topological polar surface area (TPSA) is 335 Å². The molecule has 534 valence electrons. The Morgan fingerprint density at radius 2 is 0.694 bits per heavy atom. The molecule has 21 nitrogen and oxygen atoms in total. The van der Waals surface area contributed by atoms with Crippen LogP contribution in [0.5, 0.6) is 28.7 Å². The Hall–Kier alpha value is -9.28. The molecule has 0 spiro atoms. The second-order valence-electron chi connectivity index (χ2n) is 22.2. The number of esters is 2. The number of fused-ring (bicyclic) bond motifs is 5. The Kier molecular flexibility index (Phi) is 39.8. The van der Waals surface area contributed by atoms with E-state index in [2.05, 4.69) is 53.1 Å². The Morgan fingerprint density at radius 3 is 0.969 bits per heavy atom. The van der Waals surface area contributed by atoms with Crippen molar-refractivity contribution in [3.8, 4) is 28.7 Å². The van der Waals surface area contributed by atoms with Crippen molar-refractivity contribution < 1.29 is 53.6 Å². The highest BCUT2D eigenvalue weighted by Crippen LogP contribution is 2.28. The van der Waals surface area contributed by atoms with E-state index in [0.29, 0.717) is 87.7 Å². The van der Waals surface area contributed by atoms with Crippen molar-refractivity contribution in [3.63, 3.8) is 0 Å².